The van der Waals surface area contributed by atoms with Gasteiger partial charge in [0.2, 0.25) is 5.91 Å². The summed E-state index contributed by atoms with van der Waals surface area (Å²) in [6, 6.07) is 2.50. The van der Waals surface area contributed by atoms with Gasteiger partial charge in [-0.25, -0.2) is 8.78 Å². The molecule has 1 amide bonds. The highest BCUT2D eigenvalue weighted by Gasteiger charge is 2.17. The summed E-state index contributed by atoms with van der Waals surface area (Å²) < 4.78 is 27.3. The molecule has 1 fully saturated rings. The third kappa shape index (κ3) is 3.74. The number of halogens is 2. The zero-order chi connectivity index (χ0) is 14.5. The van der Waals surface area contributed by atoms with Crippen molar-refractivity contribution in [3.63, 3.8) is 0 Å². The minimum Gasteiger partial charge on any atom is -0.320 e. The van der Waals surface area contributed by atoms with E-state index in [4.69, 9.17) is 0 Å². The number of carbonyl (C=O) groups is 1. The van der Waals surface area contributed by atoms with Gasteiger partial charge in [0.25, 0.3) is 0 Å². The van der Waals surface area contributed by atoms with Crippen LogP contribution in [0.5, 0.6) is 0 Å². The molecular formula is C14H19F2N3O. The van der Waals surface area contributed by atoms with E-state index in [-0.39, 0.29) is 12.2 Å². The fourth-order valence-corrected chi connectivity index (χ4v) is 2.21. The van der Waals surface area contributed by atoms with Gasteiger partial charge in [0, 0.05) is 13.1 Å². The molecule has 110 valence electrons. The van der Waals surface area contributed by atoms with Crippen molar-refractivity contribution in [2.75, 3.05) is 38.0 Å². The molecule has 1 saturated heterocycles. The summed E-state index contributed by atoms with van der Waals surface area (Å²) in [6.07, 6.45) is 0.959. The summed E-state index contributed by atoms with van der Waals surface area (Å²) in [5, 5.41) is 5.57. The van der Waals surface area contributed by atoms with Crippen LogP contribution in [-0.4, -0.2) is 43.5 Å². The Morgan fingerprint density at radius 3 is 2.95 bits per heavy atom. The Labute approximate surface area is 117 Å². The molecule has 0 radical (unpaired) electrons. The molecule has 1 aromatic carbocycles. The highest BCUT2D eigenvalue weighted by atomic mass is 19.1. The first-order valence-electron chi connectivity index (χ1n) is 6.75. The topological polar surface area (TPSA) is 44.4 Å². The average molecular weight is 283 g/mol. The van der Waals surface area contributed by atoms with Crippen LogP contribution < -0.4 is 10.6 Å². The lowest BCUT2D eigenvalue weighted by Gasteiger charge is -2.19. The SMILES string of the molecule is Cc1ccc(F)c(NC(=O)CN2CCCNCC2)c1F. The molecule has 0 spiro atoms. The maximum Gasteiger partial charge on any atom is 0.238 e. The molecule has 0 bridgehead atoms. The number of nitrogens with one attached hydrogen (secondary N) is 2. The smallest absolute Gasteiger partial charge is 0.238 e. The van der Waals surface area contributed by atoms with Crippen LogP contribution in [0.15, 0.2) is 12.1 Å². The van der Waals surface area contributed by atoms with Gasteiger partial charge in [-0.2, -0.15) is 0 Å². The van der Waals surface area contributed by atoms with Crippen molar-refractivity contribution < 1.29 is 13.6 Å². The summed E-state index contributed by atoms with van der Waals surface area (Å²) in [6.45, 7) is 4.99. The van der Waals surface area contributed by atoms with E-state index >= 15 is 0 Å². The van der Waals surface area contributed by atoms with Crippen molar-refractivity contribution in [1.82, 2.24) is 10.2 Å². The molecule has 0 aromatic heterocycles. The monoisotopic (exact) mass is 283 g/mol. The molecule has 1 heterocycles. The second-order valence-corrected chi connectivity index (χ2v) is 4.98. The zero-order valence-corrected chi connectivity index (χ0v) is 11.5. The van der Waals surface area contributed by atoms with E-state index in [2.05, 4.69) is 10.6 Å². The van der Waals surface area contributed by atoms with Gasteiger partial charge in [-0.1, -0.05) is 6.07 Å². The third-order valence-corrected chi connectivity index (χ3v) is 3.35. The van der Waals surface area contributed by atoms with Gasteiger partial charge < -0.3 is 10.6 Å². The molecule has 1 aromatic rings. The summed E-state index contributed by atoms with van der Waals surface area (Å²) in [4.78, 5) is 13.9. The molecule has 1 aliphatic heterocycles. The number of hydrogen-bond acceptors (Lipinski definition) is 3. The normalized spacial score (nSPS) is 16.8. The predicted molar refractivity (Wildman–Crippen MR) is 73.7 cm³/mol. The van der Waals surface area contributed by atoms with Crippen molar-refractivity contribution in [1.29, 1.82) is 0 Å². The van der Waals surface area contributed by atoms with E-state index < -0.39 is 17.5 Å². The Hall–Kier alpha value is -1.53. The molecule has 4 nitrogen and oxygen atoms in total. The number of benzene rings is 1. The van der Waals surface area contributed by atoms with E-state index in [1.807, 2.05) is 4.90 Å². The Morgan fingerprint density at radius 2 is 2.15 bits per heavy atom. The third-order valence-electron chi connectivity index (χ3n) is 3.35. The maximum atomic E-state index is 13.8. The lowest BCUT2D eigenvalue weighted by Crippen LogP contribution is -2.36. The second-order valence-electron chi connectivity index (χ2n) is 4.98. The lowest BCUT2D eigenvalue weighted by molar-refractivity contribution is -0.117. The first kappa shape index (κ1) is 14.9. The van der Waals surface area contributed by atoms with Crippen molar-refractivity contribution in [3.05, 3.63) is 29.3 Å². The van der Waals surface area contributed by atoms with E-state index in [9.17, 15) is 13.6 Å². The highest BCUT2D eigenvalue weighted by molar-refractivity contribution is 5.92. The highest BCUT2D eigenvalue weighted by Crippen LogP contribution is 2.21. The van der Waals surface area contributed by atoms with E-state index in [1.165, 1.54) is 13.0 Å². The fraction of sp³-hybridized carbons (Fsp3) is 0.500. The van der Waals surface area contributed by atoms with Crippen LogP contribution in [-0.2, 0) is 4.79 Å². The van der Waals surface area contributed by atoms with Crippen molar-refractivity contribution in [2.24, 2.45) is 0 Å². The van der Waals surface area contributed by atoms with Crippen molar-refractivity contribution in [2.45, 2.75) is 13.3 Å². The summed E-state index contributed by atoms with van der Waals surface area (Å²) in [5.74, 6) is -1.86. The molecule has 0 aliphatic carbocycles. The van der Waals surface area contributed by atoms with Gasteiger partial charge in [0.05, 0.1) is 6.54 Å². The number of aryl methyl sites for hydroxylation is 1. The Balaban J connectivity index is 1.99. The number of rotatable bonds is 3. The summed E-state index contributed by atoms with van der Waals surface area (Å²) in [7, 11) is 0. The predicted octanol–water partition coefficient (Wildman–Crippen LogP) is 1.51. The Morgan fingerprint density at radius 1 is 1.35 bits per heavy atom. The van der Waals surface area contributed by atoms with Gasteiger partial charge in [0.15, 0.2) is 5.82 Å². The molecule has 0 saturated carbocycles. The summed E-state index contributed by atoms with van der Waals surface area (Å²) >= 11 is 0. The number of amides is 1. The maximum absolute atomic E-state index is 13.8. The second kappa shape index (κ2) is 6.76. The molecule has 1 aliphatic rings. The van der Waals surface area contributed by atoms with Gasteiger partial charge in [-0.3, -0.25) is 9.69 Å². The van der Waals surface area contributed by atoms with Gasteiger partial charge in [-0.15, -0.1) is 0 Å². The molecule has 0 atom stereocenters. The molecule has 20 heavy (non-hydrogen) atoms. The number of anilines is 1. The van der Waals surface area contributed by atoms with Crippen LogP contribution in [0.25, 0.3) is 0 Å². The van der Waals surface area contributed by atoms with Crippen molar-refractivity contribution in [3.8, 4) is 0 Å². The quantitative estimate of drug-likeness (QED) is 0.884. The minimum atomic E-state index is -0.751. The Kier molecular flexibility index (Phi) is 5.03. The number of hydrogen-bond donors (Lipinski definition) is 2. The fourth-order valence-electron chi connectivity index (χ4n) is 2.21. The van der Waals surface area contributed by atoms with E-state index in [0.717, 1.165) is 38.7 Å². The van der Waals surface area contributed by atoms with Gasteiger partial charge >= 0.3 is 0 Å². The first-order chi connectivity index (χ1) is 9.58. The van der Waals surface area contributed by atoms with Crippen LogP contribution in [0.4, 0.5) is 14.5 Å². The number of nitrogens with zero attached hydrogens (tertiary/aromatic N) is 1. The Bertz CT molecular complexity index is 486. The molecule has 6 heteroatoms. The number of carbonyl (C=O) groups excluding carboxylic acids is 1. The van der Waals surface area contributed by atoms with Crippen molar-refractivity contribution >= 4 is 11.6 Å². The molecular weight excluding hydrogens is 264 g/mol. The lowest BCUT2D eigenvalue weighted by atomic mass is 10.2. The van der Waals surface area contributed by atoms with Crippen LogP contribution in [0.1, 0.15) is 12.0 Å². The van der Waals surface area contributed by atoms with Gasteiger partial charge in [0.1, 0.15) is 11.5 Å². The van der Waals surface area contributed by atoms with Gasteiger partial charge in [-0.05, 0) is 38.1 Å². The van der Waals surface area contributed by atoms with Crippen LogP contribution in [0.2, 0.25) is 0 Å². The molecule has 2 N–H and O–H groups in total. The standard InChI is InChI=1S/C14H19F2N3O/c1-10-3-4-11(15)14(13(10)16)18-12(20)9-19-7-2-5-17-6-8-19/h3-4,17H,2,5-9H2,1H3,(H,18,20). The van der Waals surface area contributed by atoms with Crippen LogP contribution in [0, 0.1) is 18.6 Å². The zero-order valence-electron chi connectivity index (χ0n) is 11.5. The van der Waals surface area contributed by atoms with E-state index in [1.54, 1.807) is 0 Å². The summed E-state index contributed by atoms with van der Waals surface area (Å²) in [5.41, 5.74) is -0.0522. The molecule has 2 rings (SSSR count). The first-order valence-corrected chi connectivity index (χ1v) is 6.75. The largest absolute Gasteiger partial charge is 0.320 e. The molecule has 0 unspecified atom stereocenters. The van der Waals surface area contributed by atoms with Crippen LogP contribution >= 0.6 is 0 Å². The van der Waals surface area contributed by atoms with E-state index in [0.29, 0.717) is 5.56 Å². The minimum absolute atomic E-state index is 0.147. The van der Waals surface area contributed by atoms with Crippen LogP contribution in [0.3, 0.4) is 0 Å². The average Bonchev–Trinajstić information content (AvgIpc) is 2.68.